The van der Waals surface area contributed by atoms with Gasteiger partial charge in [-0.2, -0.15) is 6.67 Å². The first kappa shape index (κ1) is 43.8. The van der Waals surface area contributed by atoms with Crippen molar-refractivity contribution in [3.63, 3.8) is 0 Å². The van der Waals surface area contributed by atoms with Crippen LogP contribution in [-0.2, 0) is 13.5 Å². The number of anilines is 2. The fraction of sp³-hybridized carbons (Fsp3) is 0.556. The van der Waals surface area contributed by atoms with Crippen LogP contribution in [0.3, 0.4) is 0 Å². The van der Waals surface area contributed by atoms with Crippen LogP contribution in [-0.4, -0.2) is 79.0 Å². The summed E-state index contributed by atoms with van der Waals surface area (Å²) < 4.78 is 8.72. The molecule has 3 aromatic rings. The summed E-state index contributed by atoms with van der Waals surface area (Å²) in [6.45, 7) is 35.9. The van der Waals surface area contributed by atoms with Crippen molar-refractivity contribution in [2.75, 3.05) is 62.7 Å². The molecule has 1 atom stereocenters. The molecule has 0 N–H and O–H groups in total. The summed E-state index contributed by atoms with van der Waals surface area (Å²) in [6, 6.07) is 22.2. The van der Waals surface area contributed by atoms with Gasteiger partial charge in [0, 0.05) is 43.6 Å². The summed E-state index contributed by atoms with van der Waals surface area (Å²) in [5, 5.41) is 0. The Morgan fingerprint density at radius 1 is 0.755 bits per heavy atom. The minimum Gasteiger partial charge on any atom is -0.501 e. The van der Waals surface area contributed by atoms with E-state index < -0.39 is 13.5 Å². The number of piperazine rings is 1. The molecule has 0 saturated carbocycles. The predicted molar refractivity (Wildman–Crippen MR) is 229 cm³/mol. The van der Waals surface area contributed by atoms with Gasteiger partial charge in [-0.05, 0) is 52.8 Å². The molecule has 0 aliphatic carbocycles. The minimum atomic E-state index is -1.77. The molecule has 0 aromatic heterocycles. The average Bonchev–Trinajstić information content (AvgIpc) is 3.52. The number of hydrogen-bond donors (Lipinski definition) is 0. The number of benzene rings is 3. The van der Waals surface area contributed by atoms with Gasteiger partial charge < -0.3 is 14.3 Å². The van der Waals surface area contributed by atoms with Gasteiger partial charge >= 0.3 is 97.8 Å². The van der Waals surface area contributed by atoms with Gasteiger partial charge in [-0.15, -0.1) is 0 Å². The van der Waals surface area contributed by atoms with E-state index in [-0.39, 0.29) is 6.10 Å². The van der Waals surface area contributed by atoms with Gasteiger partial charge in [-0.25, -0.2) is 0 Å². The number of nitrogens with zero attached hydrogens (tertiary/aromatic N) is 4. The summed E-state index contributed by atoms with van der Waals surface area (Å²) in [7, 11) is 14.1. The van der Waals surface area contributed by atoms with Crippen molar-refractivity contribution in [1.29, 1.82) is 0 Å². The molecule has 3 aromatic carbocycles. The Kier molecular flexibility index (Phi) is 16.3. The van der Waals surface area contributed by atoms with Crippen LogP contribution in [0.1, 0.15) is 128 Å². The Morgan fingerprint density at radius 2 is 1.25 bits per heavy atom. The van der Waals surface area contributed by atoms with E-state index in [4.69, 9.17) is 24.1 Å². The smallest absolute Gasteiger partial charge is 0.0914 e. The zero-order valence-corrected chi connectivity index (χ0v) is 37.9. The molecule has 0 radical (unpaired) electrons. The molecule has 5 nitrogen and oxygen atoms in total. The normalized spacial score (nSPS) is 17.9. The van der Waals surface area contributed by atoms with Crippen LogP contribution in [0, 0.1) is 6.67 Å². The Hall–Kier alpha value is -1.95. The number of ether oxygens (including phenoxy) is 1. The largest absolute Gasteiger partial charge is 0.501 e. The van der Waals surface area contributed by atoms with Crippen LogP contribution in [0.5, 0.6) is 5.75 Å². The summed E-state index contributed by atoms with van der Waals surface area (Å²) in [5.74, 6) is 2.78. The maximum Gasteiger partial charge on any atom is 0.0914 e. The molecule has 0 spiro atoms. The van der Waals surface area contributed by atoms with Crippen LogP contribution in [0.2, 0.25) is 0 Å². The van der Waals surface area contributed by atoms with Gasteiger partial charge in [0.15, 0.2) is 0 Å². The molecule has 1 unspecified atom stereocenters. The first-order valence-electron chi connectivity index (χ1n) is 19.8. The second-order valence-corrected chi connectivity index (χ2v) is 22.4. The fourth-order valence-electron chi connectivity index (χ4n) is 7.59. The van der Waals surface area contributed by atoms with Gasteiger partial charge in [0.25, 0.3) is 0 Å². The standard InChI is InChI=1S/C35H56N4.C10H12O.2ClH.Ru/c1-11-39(10)20-18-36(19-21-39)22-29-23-37(34-30(25(2)3)14-12-15-31(34)26(4)5)24-38(29)35-32(27(6)7)16-13-17-33(35)28(8)9;1-8(2)11-10-7-5-4-6-9(10)3;;;/h12-17,24-29H,11,18-23H2,1-10H3;3-8H,1-2H3;2*1H;/q;;;;+2/p-2. The van der Waals surface area contributed by atoms with Crippen molar-refractivity contribution in [2.45, 2.75) is 112 Å². The number of likely N-dealkylation sites (N-methyl/N-ethyl adjacent to an activating group) is 1. The molecular formula is C45H68Cl2N4ORu. The molecule has 2 saturated heterocycles. The molecule has 5 rings (SSSR count). The van der Waals surface area contributed by atoms with Gasteiger partial charge in [-0.3, -0.25) is 4.90 Å². The third kappa shape index (κ3) is 11.5. The molecule has 53 heavy (non-hydrogen) atoms. The third-order valence-electron chi connectivity index (χ3n) is 10.9. The third-order valence-corrected chi connectivity index (χ3v) is 12.7. The predicted octanol–water partition coefficient (Wildman–Crippen LogP) is 11.3. The van der Waals surface area contributed by atoms with E-state index in [0.29, 0.717) is 29.7 Å². The zero-order chi connectivity index (χ0) is 39.0. The van der Waals surface area contributed by atoms with Crippen molar-refractivity contribution in [2.24, 2.45) is 0 Å². The number of para-hydroxylation sites is 3. The van der Waals surface area contributed by atoms with Crippen LogP contribution in [0.4, 0.5) is 11.4 Å². The zero-order valence-electron chi connectivity index (χ0n) is 34.6. The SMILES string of the molecule is CC(C)Oc1ccccc1[CH]=[Ru]([Cl])[Cl].CC[N+]1(C)CCN(CC2CN(c3c(C(C)C)cccc3C(C)C)[CH-]N2c2c(C(C)C)cccc2C(C)C)CC1. The first-order chi connectivity index (χ1) is 25.0. The second kappa shape index (κ2) is 19.8. The number of hydrogen-bond acceptors (Lipinski definition) is 4. The van der Waals surface area contributed by atoms with Crippen LogP contribution >= 0.6 is 19.4 Å². The Labute approximate surface area is 336 Å². The topological polar surface area (TPSA) is 19.0 Å². The van der Waals surface area contributed by atoms with Crippen LogP contribution in [0.15, 0.2) is 60.7 Å². The van der Waals surface area contributed by atoms with Crippen molar-refractivity contribution in [1.82, 2.24) is 4.90 Å². The summed E-state index contributed by atoms with van der Waals surface area (Å²) >= 11 is -1.77. The second-order valence-electron chi connectivity index (χ2n) is 16.7. The molecule has 2 fully saturated rings. The Balaban J connectivity index is 0.000000376. The summed E-state index contributed by atoms with van der Waals surface area (Å²) in [4.78, 5) is 8.05. The maximum absolute atomic E-state index is 5.82. The van der Waals surface area contributed by atoms with Crippen LogP contribution < -0.4 is 14.5 Å². The first-order valence-corrected chi connectivity index (χ1v) is 25.3. The Morgan fingerprint density at radius 3 is 1.70 bits per heavy atom. The van der Waals surface area contributed by atoms with E-state index in [1.54, 1.807) is 0 Å². The van der Waals surface area contributed by atoms with Gasteiger partial charge in [-0.1, -0.05) is 91.8 Å². The van der Waals surface area contributed by atoms with Crippen molar-refractivity contribution >= 4 is 35.4 Å². The molecule has 0 amide bonds. The average molecular weight is 853 g/mol. The van der Waals surface area contributed by atoms with Gasteiger partial charge in [0.1, 0.15) is 0 Å². The number of halogens is 2. The van der Waals surface area contributed by atoms with E-state index in [2.05, 4.69) is 127 Å². The molecule has 8 heteroatoms. The van der Waals surface area contributed by atoms with E-state index in [9.17, 15) is 0 Å². The van der Waals surface area contributed by atoms with E-state index >= 15 is 0 Å². The van der Waals surface area contributed by atoms with Crippen molar-refractivity contribution in [3.8, 4) is 5.75 Å². The van der Waals surface area contributed by atoms with Gasteiger partial charge in [0.05, 0.1) is 26.7 Å². The molecule has 296 valence electrons. The van der Waals surface area contributed by atoms with E-state index in [1.807, 2.05) is 42.7 Å². The molecule has 2 heterocycles. The van der Waals surface area contributed by atoms with Crippen molar-refractivity contribution in [3.05, 3.63) is 95.1 Å². The van der Waals surface area contributed by atoms with E-state index in [0.717, 1.165) is 24.4 Å². The molecule has 0 bridgehead atoms. The fourth-order valence-corrected chi connectivity index (χ4v) is 9.40. The van der Waals surface area contributed by atoms with Gasteiger partial charge in [0.2, 0.25) is 0 Å². The molecular weight excluding hydrogens is 784 g/mol. The van der Waals surface area contributed by atoms with Crippen LogP contribution in [0.25, 0.3) is 0 Å². The number of rotatable bonds is 12. The summed E-state index contributed by atoms with van der Waals surface area (Å²) in [6.07, 6.45) is 0.163. The monoisotopic (exact) mass is 852 g/mol. The number of quaternary nitrogens is 1. The molecule has 2 aliphatic heterocycles. The molecule has 2 aliphatic rings. The van der Waals surface area contributed by atoms with E-state index in [1.165, 1.54) is 70.8 Å². The Bertz CT molecular complexity index is 1590. The van der Waals surface area contributed by atoms with Crippen molar-refractivity contribution < 1.29 is 22.7 Å². The maximum atomic E-state index is 5.82. The minimum absolute atomic E-state index is 0.163. The summed E-state index contributed by atoms with van der Waals surface area (Å²) in [5.41, 5.74) is 9.76. The quantitative estimate of drug-likeness (QED) is 0.103.